The Hall–Kier alpha value is -1.92. The maximum atomic E-state index is 12.9. The fourth-order valence-electron chi connectivity index (χ4n) is 4.99. The molecule has 2 saturated carbocycles. The Morgan fingerprint density at radius 2 is 1.44 bits per heavy atom. The summed E-state index contributed by atoms with van der Waals surface area (Å²) in [6.07, 6.45) is 0.570. The number of hydrogen-bond acceptors (Lipinski definition) is 7. The highest BCUT2D eigenvalue weighted by Gasteiger charge is 2.68. The quantitative estimate of drug-likeness (QED) is 0.421. The molecule has 0 aromatic carbocycles. The van der Waals surface area contributed by atoms with Gasteiger partial charge in [0.05, 0.1) is 17.8 Å². The molecule has 0 radical (unpaired) electrons. The van der Waals surface area contributed by atoms with Crippen LogP contribution in [0.25, 0.3) is 0 Å². The molecule has 7 nitrogen and oxygen atoms in total. The lowest BCUT2D eigenvalue weighted by Crippen LogP contribution is -2.43. The molecule has 0 N–H and O–H groups in total. The molecule has 0 aromatic rings. The molecule has 6 atom stereocenters. The van der Waals surface area contributed by atoms with Crippen LogP contribution in [0.15, 0.2) is 0 Å². The van der Waals surface area contributed by atoms with Crippen LogP contribution in [0.1, 0.15) is 54.4 Å². The minimum absolute atomic E-state index is 0.0209. The van der Waals surface area contributed by atoms with Crippen molar-refractivity contribution in [1.82, 2.24) is 0 Å². The molecule has 1 aliphatic heterocycles. The third-order valence-electron chi connectivity index (χ3n) is 5.57. The van der Waals surface area contributed by atoms with Gasteiger partial charge < -0.3 is 14.2 Å². The van der Waals surface area contributed by atoms with E-state index < -0.39 is 52.8 Å². The lowest BCUT2D eigenvalue weighted by molar-refractivity contribution is -0.168. The van der Waals surface area contributed by atoms with Gasteiger partial charge in [-0.05, 0) is 65.7 Å². The Kier molecular flexibility index (Phi) is 4.64. The van der Waals surface area contributed by atoms with Gasteiger partial charge in [-0.2, -0.15) is 0 Å². The Balaban J connectivity index is 1.86. The van der Waals surface area contributed by atoms with Crippen molar-refractivity contribution in [3.63, 3.8) is 0 Å². The molecule has 6 unspecified atom stereocenters. The number of hydrogen-bond donors (Lipinski definition) is 0. The molecule has 1 saturated heterocycles. The Morgan fingerprint density at radius 1 is 0.926 bits per heavy atom. The van der Waals surface area contributed by atoms with Gasteiger partial charge in [0.2, 0.25) is 0 Å². The predicted octanol–water partition coefficient (Wildman–Crippen LogP) is 2.26. The lowest BCUT2D eigenvalue weighted by atomic mass is 9.68. The largest absolute Gasteiger partial charge is 0.460 e. The van der Waals surface area contributed by atoms with Crippen LogP contribution in [0, 0.1) is 35.5 Å². The summed E-state index contributed by atoms with van der Waals surface area (Å²) < 4.78 is 15.8. The molecule has 3 fully saturated rings. The molecule has 0 amide bonds. The Morgan fingerprint density at radius 3 is 1.96 bits per heavy atom. The van der Waals surface area contributed by atoms with Crippen LogP contribution in [-0.4, -0.2) is 35.1 Å². The standard InChI is InChI=1S/C20H28O7/c1-19(2,3)26-12(21)8-10-9-7-11(13(10)18(24)27-20(4,5)6)15-14(9)16(22)25-17(15)23/h9-11,13-15H,7-8H2,1-6H3. The second-order valence-electron chi connectivity index (χ2n) is 9.87. The average Bonchev–Trinajstić information content (AvgIpc) is 3.06. The van der Waals surface area contributed by atoms with Crippen LogP contribution >= 0.6 is 0 Å². The highest BCUT2D eigenvalue weighted by atomic mass is 16.6. The van der Waals surface area contributed by atoms with E-state index in [1.807, 2.05) is 0 Å². The number of ether oxygens (including phenoxy) is 3. The molecule has 150 valence electrons. The molecule has 3 aliphatic rings. The van der Waals surface area contributed by atoms with E-state index >= 15 is 0 Å². The van der Waals surface area contributed by atoms with Crippen LogP contribution in [-0.2, 0) is 33.4 Å². The Bertz CT molecular complexity index is 681. The molecular weight excluding hydrogens is 352 g/mol. The van der Waals surface area contributed by atoms with Gasteiger partial charge in [0.15, 0.2) is 0 Å². The highest BCUT2D eigenvalue weighted by molar-refractivity contribution is 5.98. The van der Waals surface area contributed by atoms with Crippen molar-refractivity contribution in [2.75, 3.05) is 0 Å². The van der Waals surface area contributed by atoms with Crippen molar-refractivity contribution in [2.45, 2.75) is 65.6 Å². The summed E-state index contributed by atoms with van der Waals surface area (Å²) >= 11 is 0. The zero-order valence-electron chi connectivity index (χ0n) is 16.7. The molecule has 1 heterocycles. The molecule has 2 aliphatic carbocycles. The summed E-state index contributed by atoms with van der Waals surface area (Å²) in [6, 6.07) is 0. The van der Waals surface area contributed by atoms with Crippen LogP contribution in [0.5, 0.6) is 0 Å². The number of rotatable bonds is 3. The molecule has 0 spiro atoms. The first-order chi connectivity index (χ1) is 12.3. The highest BCUT2D eigenvalue weighted by Crippen LogP contribution is 2.62. The predicted molar refractivity (Wildman–Crippen MR) is 93.0 cm³/mol. The number of cyclic esters (lactones) is 2. The third-order valence-corrected chi connectivity index (χ3v) is 5.57. The van der Waals surface area contributed by atoms with Crippen LogP contribution in [0.3, 0.4) is 0 Å². The summed E-state index contributed by atoms with van der Waals surface area (Å²) in [5.74, 6) is -4.66. The summed E-state index contributed by atoms with van der Waals surface area (Å²) in [6.45, 7) is 10.7. The minimum atomic E-state index is -0.680. The van der Waals surface area contributed by atoms with Gasteiger partial charge in [-0.3, -0.25) is 19.2 Å². The fourth-order valence-corrected chi connectivity index (χ4v) is 4.99. The number of fused-ring (bicyclic) bond motifs is 5. The number of carbonyl (C=O) groups excluding carboxylic acids is 4. The molecule has 0 aromatic heterocycles. The van der Waals surface area contributed by atoms with Crippen molar-refractivity contribution >= 4 is 23.9 Å². The van der Waals surface area contributed by atoms with E-state index in [2.05, 4.69) is 0 Å². The lowest BCUT2D eigenvalue weighted by Gasteiger charge is -2.35. The van der Waals surface area contributed by atoms with Crippen molar-refractivity contribution in [3.05, 3.63) is 0 Å². The topological polar surface area (TPSA) is 96.0 Å². The summed E-state index contributed by atoms with van der Waals surface area (Å²) in [5.41, 5.74) is -1.32. The molecule has 3 rings (SSSR count). The second kappa shape index (κ2) is 6.31. The van der Waals surface area contributed by atoms with E-state index in [1.54, 1.807) is 41.5 Å². The van der Waals surface area contributed by atoms with Gasteiger partial charge in [0.1, 0.15) is 11.2 Å². The Labute approximate surface area is 159 Å². The van der Waals surface area contributed by atoms with Crippen LogP contribution < -0.4 is 0 Å². The first-order valence-electron chi connectivity index (χ1n) is 9.49. The molecular formula is C20H28O7. The monoisotopic (exact) mass is 380 g/mol. The SMILES string of the molecule is CC(C)(C)OC(=O)CC1C2CC(C1C(=O)OC(C)(C)C)C1C(=O)OC(=O)C21. The van der Waals surface area contributed by atoms with Crippen molar-refractivity contribution in [2.24, 2.45) is 35.5 Å². The van der Waals surface area contributed by atoms with Crippen molar-refractivity contribution < 1.29 is 33.4 Å². The fraction of sp³-hybridized carbons (Fsp3) is 0.800. The zero-order valence-corrected chi connectivity index (χ0v) is 16.7. The van der Waals surface area contributed by atoms with Crippen LogP contribution in [0.2, 0.25) is 0 Å². The first-order valence-corrected chi connectivity index (χ1v) is 9.49. The summed E-state index contributed by atoms with van der Waals surface area (Å²) in [5, 5.41) is 0. The van der Waals surface area contributed by atoms with Gasteiger partial charge in [-0.25, -0.2) is 0 Å². The van der Waals surface area contributed by atoms with E-state index in [0.717, 1.165) is 0 Å². The van der Waals surface area contributed by atoms with Gasteiger partial charge in [0, 0.05) is 6.42 Å². The molecule has 7 heteroatoms. The van der Waals surface area contributed by atoms with E-state index in [4.69, 9.17) is 14.2 Å². The second-order valence-corrected chi connectivity index (χ2v) is 9.87. The first kappa shape index (κ1) is 19.8. The third kappa shape index (κ3) is 3.73. The normalized spacial score (nSPS) is 35.0. The van der Waals surface area contributed by atoms with Crippen LogP contribution in [0.4, 0.5) is 0 Å². The van der Waals surface area contributed by atoms with Gasteiger partial charge in [-0.15, -0.1) is 0 Å². The number of carbonyl (C=O) groups is 4. The number of esters is 4. The smallest absolute Gasteiger partial charge is 0.317 e. The summed E-state index contributed by atoms with van der Waals surface area (Å²) in [7, 11) is 0. The van der Waals surface area contributed by atoms with Gasteiger partial charge in [-0.1, -0.05) is 0 Å². The van der Waals surface area contributed by atoms with Gasteiger partial charge in [0.25, 0.3) is 0 Å². The van der Waals surface area contributed by atoms with Crippen molar-refractivity contribution in [1.29, 1.82) is 0 Å². The van der Waals surface area contributed by atoms with Gasteiger partial charge >= 0.3 is 23.9 Å². The van der Waals surface area contributed by atoms with E-state index in [-0.39, 0.29) is 24.2 Å². The maximum Gasteiger partial charge on any atom is 0.317 e. The van der Waals surface area contributed by atoms with E-state index in [0.29, 0.717) is 6.42 Å². The van der Waals surface area contributed by atoms with Crippen molar-refractivity contribution in [3.8, 4) is 0 Å². The maximum absolute atomic E-state index is 12.9. The zero-order chi connectivity index (χ0) is 20.3. The summed E-state index contributed by atoms with van der Waals surface area (Å²) in [4.78, 5) is 49.6. The molecule has 27 heavy (non-hydrogen) atoms. The van der Waals surface area contributed by atoms with E-state index in [1.165, 1.54) is 0 Å². The minimum Gasteiger partial charge on any atom is -0.460 e. The molecule has 2 bridgehead atoms. The van der Waals surface area contributed by atoms with E-state index in [9.17, 15) is 19.2 Å². The average molecular weight is 380 g/mol.